The summed E-state index contributed by atoms with van der Waals surface area (Å²) in [5.41, 5.74) is 0. The molecule has 0 fully saturated rings. The lowest BCUT2D eigenvalue weighted by molar-refractivity contribution is 0.675. The lowest BCUT2D eigenvalue weighted by Gasteiger charge is -1.91. The second-order valence-electron chi connectivity index (χ2n) is 2.14. The van der Waals surface area contributed by atoms with Crippen LogP contribution in [0.4, 0.5) is 9.41 Å². The Morgan fingerprint density at radius 1 is 1.10 bits per heavy atom. The predicted molar refractivity (Wildman–Crippen MR) is 44.0 cm³/mol. The molecule has 0 aromatic heterocycles. The van der Waals surface area contributed by atoms with E-state index in [0.717, 1.165) is 0 Å². The van der Waals surface area contributed by atoms with E-state index in [-0.39, 0.29) is 9.41 Å². The Bertz CT molecular complexity index is 53.2. The van der Waals surface area contributed by atoms with Crippen LogP contribution >= 0.6 is 0 Å². The zero-order valence-corrected chi connectivity index (χ0v) is 6.64. The van der Waals surface area contributed by atoms with Gasteiger partial charge in [0, 0.05) is 0 Å². The normalized spacial score (nSPS) is 7.30. The summed E-state index contributed by atoms with van der Waals surface area (Å²) in [5.74, 6) is 0. The van der Waals surface area contributed by atoms with Crippen molar-refractivity contribution in [3.05, 3.63) is 12.7 Å². The van der Waals surface area contributed by atoms with E-state index >= 15 is 0 Å². The van der Waals surface area contributed by atoms with E-state index in [4.69, 9.17) is 0 Å². The molecule has 0 spiro atoms. The Labute approximate surface area is 62.1 Å². The average molecular weight is 152 g/mol. The molecule has 0 N–H and O–H groups in total. The smallest absolute Gasteiger partial charge is 0.0353 e. The van der Waals surface area contributed by atoms with Gasteiger partial charge in [0.2, 0.25) is 0 Å². The van der Waals surface area contributed by atoms with E-state index < -0.39 is 0 Å². The van der Waals surface area contributed by atoms with Gasteiger partial charge in [0.1, 0.15) is 0 Å². The van der Waals surface area contributed by atoms with Gasteiger partial charge in [0.15, 0.2) is 0 Å². The maximum Gasteiger partial charge on any atom is -0.0353 e. The van der Waals surface area contributed by atoms with Crippen LogP contribution < -0.4 is 0 Å². The standard InChI is InChI=1S/C8H16.2FH/c1-3-5-7-8-6-4-2;;/h3H,1,4-8H2,2H3;2*1H. The van der Waals surface area contributed by atoms with Crippen molar-refractivity contribution in [3.8, 4) is 0 Å². The minimum atomic E-state index is 0. The summed E-state index contributed by atoms with van der Waals surface area (Å²) >= 11 is 0. The van der Waals surface area contributed by atoms with Gasteiger partial charge in [-0.25, -0.2) is 0 Å². The second-order valence-corrected chi connectivity index (χ2v) is 2.14. The minimum Gasteiger partial charge on any atom is -0.269 e. The van der Waals surface area contributed by atoms with Gasteiger partial charge >= 0.3 is 0 Å². The highest BCUT2D eigenvalue weighted by Crippen LogP contribution is 2.01. The lowest BCUT2D eigenvalue weighted by atomic mass is 10.2. The lowest BCUT2D eigenvalue weighted by Crippen LogP contribution is -1.71. The van der Waals surface area contributed by atoms with Crippen molar-refractivity contribution in [1.29, 1.82) is 0 Å². The maximum absolute atomic E-state index is 3.66. The summed E-state index contributed by atoms with van der Waals surface area (Å²) in [6.07, 6.45) is 8.61. The number of allylic oxidation sites excluding steroid dienone is 1. The maximum atomic E-state index is 3.66. The van der Waals surface area contributed by atoms with Crippen molar-refractivity contribution in [2.24, 2.45) is 0 Å². The van der Waals surface area contributed by atoms with Crippen molar-refractivity contribution in [2.75, 3.05) is 0 Å². The van der Waals surface area contributed by atoms with Gasteiger partial charge in [0.25, 0.3) is 0 Å². The van der Waals surface area contributed by atoms with Crippen LogP contribution in [-0.2, 0) is 0 Å². The van der Waals surface area contributed by atoms with Gasteiger partial charge in [0.05, 0.1) is 0 Å². The Kier molecular flexibility index (Phi) is 25.8. The van der Waals surface area contributed by atoms with Crippen LogP contribution in [0.1, 0.15) is 39.0 Å². The Morgan fingerprint density at radius 3 is 2.10 bits per heavy atom. The molecule has 0 atom stereocenters. The first kappa shape index (κ1) is 16.3. The van der Waals surface area contributed by atoms with Crippen molar-refractivity contribution >= 4 is 0 Å². The molecule has 0 amide bonds. The minimum absolute atomic E-state index is 0. The zero-order chi connectivity index (χ0) is 6.24. The SMILES string of the molecule is C=CCCCCCC.F.F. The Balaban J connectivity index is -0.000000245. The van der Waals surface area contributed by atoms with Gasteiger partial charge < -0.3 is 0 Å². The summed E-state index contributed by atoms with van der Waals surface area (Å²) in [4.78, 5) is 0. The van der Waals surface area contributed by atoms with Crippen LogP contribution in [-0.4, -0.2) is 0 Å². The topological polar surface area (TPSA) is 0 Å². The van der Waals surface area contributed by atoms with Crippen molar-refractivity contribution < 1.29 is 9.41 Å². The largest absolute Gasteiger partial charge is 0.269 e. The van der Waals surface area contributed by atoms with Gasteiger partial charge in [-0.1, -0.05) is 32.3 Å². The molecule has 0 saturated heterocycles. The molecule has 0 bridgehead atoms. The van der Waals surface area contributed by atoms with E-state index in [9.17, 15) is 0 Å². The molecule has 2 heteroatoms. The van der Waals surface area contributed by atoms with Gasteiger partial charge in [-0.3, -0.25) is 9.41 Å². The summed E-state index contributed by atoms with van der Waals surface area (Å²) < 4.78 is 0. The third kappa shape index (κ3) is 15.6. The number of hydrogen-bond donors (Lipinski definition) is 0. The molecule has 0 saturated carbocycles. The molecule has 10 heavy (non-hydrogen) atoms. The summed E-state index contributed by atoms with van der Waals surface area (Å²) in [7, 11) is 0. The number of hydrogen-bond acceptors (Lipinski definition) is 0. The van der Waals surface area contributed by atoms with Gasteiger partial charge in [-0.2, -0.15) is 0 Å². The van der Waals surface area contributed by atoms with Gasteiger partial charge in [-0.15, -0.1) is 6.58 Å². The Hall–Kier alpha value is -0.400. The highest BCUT2D eigenvalue weighted by atomic mass is 19.0. The van der Waals surface area contributed by atoms with Crippen LogP contribution in [0.25, 0.3) is 0 Å². The fraction of sp³-hybridized carbons (Fsp3) is 0.750. The molecule has 0 radical (unpaired) electrons. The molecule has 0 unspecified atom stereocenters. The molecular weight excluding hydrogens is 134 g/mol. The van der Waals surface area contributed by atoms with Crippen LogP contribution in [0.2, 0.25) is 0 Å². The average Bonchev–Trinajstić information content (AvgIpc) is 1.81. The molecule has 0 heterocycles. The fourth-order valence-electron chi connectivity index (χ4n) is 0.715. The molecule has 64 valence electrons. The molecule has 0 aromatic carbocycles. The molecule has 0 aliphatic carbocycles. The molecular formula is C8H18F2. The van der Waals surface area contributed by atoms with E-state index in [1.54, 1.807) is 0 Å². The summed E-state index contributed by atoms with van der Waals surface area (Å²) in [6, 6.07) is 0. The number of rotatable bonds is 5. The predicted octanol–water partition coefficient (Wildman–Crippen LogP) is 3.45. The third-order valence-electron chi connectivity index (χ3n) is 1.26. The third-order valence-corrected chi connectivity index (χ3v) is 1.26. The van der Waals surface area contributed by atoms with Crippen molar-refractivity contribution in [1.82, 2.24) is 0 Å². The Morgan fingerprint density at radius 2 is 1.70 bits per heavy atom. The van der Waals surface area contributed by atoms with E-state index in [1.165, 1.54) is 32.1 Å². The van der Waals surface area contributed by atoms with Gasteiger partial charge in [-0.05, 0) is 12.8 Å². The van der Waals surface area contributed by atoms with Crippen LogP contribution in [0.5, 0.6) is 0 Å². The first-order valence-corrected chi connectivity index (χ1v) is 3.52. The number of unbranched alkanes of at least 4 members (excludes halogenated alkanes) is 4. The molecule has 0 aliphatic heterocycles. The quantitative estimate of drug-likeness (QED) is 0.418. The molecule has 0 nitrogen and oxygen atoms in total. The van der Waals surface area contributed by atoms with E-state index in [2.05, 4.69) is 13.5 Å². The summed E-state index contributed by atoms with van der Waals surface area (Å²) in [6.45, 7) is 5.89. The zero-order valence-electron chi connectivity index (χ0n) is 6.64. The van der Waals surface area contributed by atoms with Crippen molar-refractivity contribution in [2.45, 2.75) is 39.0 Å². The first-order chi connectivity index (χ1) is 3.91. The molecule has 0 aliphatic rings. The highest BCUT2D eigenvalue weighted by molar-refractivity contribution is 4.64. The van der Waals surface area contributed by atoms with Crippen LogP contribution in [0.3, 0.4) is 0 Å². The number of halogens is 2. The highest BCUT2D eigenvalue weighted by Gasteiger charge is 1.81. The van der Waals surface area contributed by atoms with E-state index in [0.29, 0.717) is 0 Å². The van der Waals surface area contributed by atoms with Crippen LogP contribution in [0.15, 0.2) is 12.7 Å². The fourth-order valence-corrected chi connectivity index (χ4v) is 0.715. The first-order valence-electron chi connectivity index (χ1n) is 3.52. The molecule has 0 rings (SSSR count). The summed E-state index contributed by atoms with van der Waals surface area (Å²) in [5, 5.41) is 0. The van der Waals surface area contributed by atoms with Crippen LogP contribution in [0, 0.1) is 0 Å². The molecule has 0 aromatic rings. The second kappa shape index (κ2) is 15.8. The monoisotopic (exact) mass is 152 g/mol. The van der Waals surface area contributed by atoms with E-state index in [1.807, 2.05) is 6.08 Å². The van der Waals surface area contributed by atoms with Crippen molar-refractivity contribution in [3.63, 3.8) is 0 Å².